The van der Waals surface area contributed by atoms with Gasteiger partial charge in [-0.15, -0.1) is 10.2 Å². The van der Waals surface area contributed by atoms with Crippen LogP contribution in [0.4, 0.5) is 5.82 Å². The van der Waals surface area contributed by atoms with E-state index >= 15 is 0 Å². The lowest BCUT2D eigenvalue weighted by molar-refractivity contribution is 0.582. The Morgan fingerprint density at radius 3 is 2.27 bits per heavy atom. The molecule has 0 radical (unpaired) electrons. The first-order chi connectivity index (χ1) is 15.8. The Morgan fingerprint density at radius 1 is 0.939 bits per heavy atom. The zero-order valence-electron chi connectivity index (χ0n) is 18.6. The van der Waals surface area contributed by atoms with Crippen molar-refractivity contribution in [3.05, 3.63) is 54.4 Å². The molecule has 0 fully saturated rings. The van der Waals surface area contributed by atoms with Crippen molar-refractivity contribution < 1.29 is 12.8 Å². The topological polar surface area (TPSA) is 138 Å². The Balaban J connectivity index is 1.63. The minimum absolute atomic E-state index is 0.0105. The minimum Gasteiger partial charge on any atom is -0.414 e. The predicted molar refractivity (Wildman–Crippen MR) is 125 cm³/mol. The number of hydrogen-bond donors (Lipinski definition) is 1. The summed E-state index contributed by atoms with van der Waals surface area (Å²) in [6.45, 7) is 5.36. The molecule has 0 saturated carbocycles. The summed E-state index contributed by atoms with van der Waals surface area (Å²) in [6, 6.07) is 11.0. The highest BCUT2D eigenvalue weighted by Crippen LogP contribution is 2.28. The number of aryl methyl sites for hydroxylation is 1. The van der Waals surface area contributed by atoms with Crippen LogP contribution < -0.4 is 5.73 Å². The third-order valence-corrected chi connectivity index (χ3v) is 7.18. The van der Waals surface area contributed by atoms with Crippen molar-refractivity contribution in [3.63, 3.8) is 0 Å². The van der Waals surface area contributed by atoms with Gasteiger partial charge in [-0.25, -0.2) is 23.4 Å². The van der Waals surface area contributed by atoms with Gasteiger partial charge in [0.1, 0.15) is 0 Å². The van der Waals surface area contributed by atoms with Gasteiger partial charge in [-0.05, 0) is 50.1 Å². The predicted octanol–water partition coefficient (Wildman–Crippen LogP) is 3.97. The van der Waals surface area contributed by atoms with Gasteiger partial charge in [0.15, 0.2) is 26.4 Å². The van der Waals surface area contributed by atoms with Crippen LogP contribution in [0.5, 0.6) is 0 Å². The summed E-state index contributed by atoms with van der Waals surface area (Å²) in [5.41, 5.74) is 9.33. The number of sulfone groups is 1. The molecular weight excluding hydrogens is 440 g/mol. The van der Waals surface area contributed by atoms with Gasteiger partial charge < -0.3 is 10.2 Å². The maximum atomic E-state index is 12.3. The molecule has 0 spiro atoms. The summed E-state index contributed by atoms with van der Waals surface area (Å²) in [5.74, 6) is 0.630. The van der Waals surface area contributed by atoms with E-state index in [1.54, 1.807) is 19.9 Å². The molecule has 0 bridgehead atoms. The van der Waals surface area contributed by atoms with Crippen LogP contribution in [0.3, 0.4) is 0 Å². The van der Waals surface area contributed by atoms with Crippen molar-refractivity contribution in [2.24, 2.45) is 0 Å². The molecule has 3 aromatic heterocycles. The monoisotopic (exact) mass is 464 g/mol. The summed E-state index contributed by atoms with van der Waals surface area (Å²) in [4.78, 5) is 12.8. The van der Waals surface area contributed by atoms with Gasteiger partial charge in [0.2, 0.25) is 5.89 Å². The number of hydrogen-bond acceptors (Lipinski definition) is 9. The normalized spacial score (nSPS) is 11.8. The maximum absolute atomic E-state index is 12.3. The molecule has 0 atom stereocenters. The van der Waals surface area contributed by atoms with Crippen LogP contribution in [-0.2, 0) is 16.3 Å². The summed E-state index contributed by atoms with van der Waals surface area (Å²) >= 11 is 0. The van der Waals surface area contributed by atoms with E-state index in [4.69, 9.17) is 10.2 Å². The molecule has 0 amide bonds. The second-order valence-corrected chi connectivity index (χ2v) is 10.3. The number of nitrogens with zero attached hydrogens (tertiary/aromatic N) is 5. The summed E-state index contributed by atoms with van der Waals surface area (Å²) < 4.78 is 30.4. The SMILES string of the molecule is CCCc1ccc(-c2nnc(-c3nc(-c4ccc(S(=O)(=O)C(C)C)nc4)cnc3N)o2)cc1. The standard InChI is InChI=1S/C23H24N6O3S/c1-4-5-15-6-8-16(9-7-15)22-28-29-23(32-22)20-21(24)26-13-18(27-20)17-10-11-19(25-12-17)33(30,31)14(2)3/h6-14H,4-5H2,1-3H3,(H2,24,26). The molecule has 0 aliphatic rings. The van der Waals surface area contributed by atoms with E-state index in [1.807, 2.05) is 24.3 Å². The molecule has 0 aliphatic carbocycles. The Bertz CT molecular complexity index is 1360. The Kier molecular flexibility index (Phi) is 6.19. The van der Waals surface area contributed by atoms with Crippen molar-refractivity contribution >= 4 is 15.7 Å². The Hall–Kier alpha value is -3.66. The van der Waals surface area contributed by atoms with Crippen molar-refractivity contribution in [1.29, 1.82) is 0 Å². The van der Waals surface area contributed by atoms with Gasteiger partial charge in [-0.3, -0.25) is 0 Å². The van der Waals surface area contributed by atoms with Crippen molar-refractivity contribution in [2.45, 2.75) is 43.9 Å². The van der Waals surface area contributed by atoms with Gasteiger partial charge in [0.25, 0.3) is 5.89 Å². The molecule has 1 aromatic carbocycles. The molecule has 4 aromatic rings. The zero-order chi connectivity index (χ0) is 23.6. The number of rotatable bonds is 7. The number of pyridine rings is 1. The largest absolute Gasteiger partial charge is 0.414 e. The van der Waals surface area contributed by atoms with Crippen molar-refractivity contribution in [1.82, 2.24) is 25.1 Å². The second-order valence-electron chi connectivity index (χ2n) is 7.83. The van der Waals surface area contributed by atoms with Gasteiger partial charge >= 0.3 is 0 Å². The van der Waals surface area contributed by atoms with E-state index in [9.17, 15) is 8.42 Å². The van der Waals surface area contributed by atoms with Crippen LogP contribution >= 0.6 is 0 Å². The first-order valence-corrected chi connectivity index (χ1v) is 12.1. The molecule has 33 heavy (non-hydrogen) atoms. The molecule has 0 saturated heterocycles. The molecule has 4 rings (SSSR count). The van der Waals surface area contributed by atoms with Crippen LogP contribution in [0.25, 0.3) is 34.3 Å². The fourth-order valence-corrected chi connectivity index (χ4v) is 4.12. The average molecular weight is 465 g/mol. The summed E-state index contributed by atoms with van der Waals surface area (Å²) in [5, 5.41) is 7.66. The molecule has 170 valence electrons. The third-order valence-electron chi connectivity index (χ3n) is 5.11. The molecule has 10 heteroatoms. The maximum Gasteiger partial charge on any atom is 0.270 e. The third kappa shape index (κ3) is 4.61. The van der Waals surface area contributed by atoms with E-state index < -0.39 is 15.1 Å². The molecule has 2 N–H and O–H groups in total. The lowest BCUT2D eigenvalue weighted by Gasteiger charge is -2.08. The van der Waals surface area contributed by atoms with Gasteiger partial charge in [0, 0.05) is 17.3 Å². The van der Waals surface area contributed by atoms with Crippen LogP contribution in [0.1, 0.15) is 32.8 Å². The summed E-state index contributed by atoms with van der Waals surface area (Å²) in [7, 11) is -3.46. The first-order valence-electron chi connectivity index (χ1n) is 10.6. The first kappa shape index (κ1) is 22.5. The van der Waals surface area contributed by atoms with Crippen LogP contribution in [0.2, 0.25) is 0 Å². The number of aromatic nitrogens is 5. The number of nitrogens with two attached hydrogens (primary N) is 1. The number of nitrogen functional groups attached to an aromatic ring is 1. The second kappa shape index (κ2) is 9.07. The van der Waals surface area contributed by atoms with E-state index in [1.165, 1.54) is 24.0 Å². The van der Waals surface area contributed by atoms with Crippen LogP contribution in [0, 0.1) is 0 Å². The summed E-state index contributed by atoms with van der Waals surface area (Å²) in [6.07, 6.45) is 5.00. The van der Waals surface area contributed by atoms with Gasteiger partial charge in [0.05, 0.1) is 17.1 Å². The zero-order valence-corrected chi connectivity index (χ0v) is 19.4. The van der Waals surface area contributed by atoms with E-state index in [0.29, 0.717) is 17.1 Å². The minimum atomic E-state index is -3.46. The number of anilines is 1. The van der Waals surface area contributed by atoms with Crippen molar-refractivity contribution in [2.75, 3.05) is 5.73 Å². The highest BCUT2D eigenvalue weighted by molar-refractivity contribution is 7.91. The van der Waals surface area contributed by atoms with Gasteiger partial charge in [-0.2, -0.15) is 0 Å². The Labute approximate surface area is 192 Å². The lowest BCUT2D eigenvalue weighted by atomic mass is 10.1. The number of benzene rings is 1. The quantitative estimate of drug-likeness (QED) is 0.430. The van der Waals surface area contributed by atoms with Crippen molar-refractivity contribution in [3.8, 4) is 34.3 Å². The van der Waals surface area contributed by atoms with E-state index in [0.717, 1.165) is 18.4 Å². The molecule has 9 nitrogen and oxygen atoms in total. The fraction of sp³-hybridized carbons (Fsp3) is 0.261. The average Bonchev–Trinajstić information content (AvgIpc) is 3.30. The Morgan fingerprint density at radius 2 is 1.64 bits per heavy atom. The highest BCUT2D eigenvalue weighted by Gasteiger charge is 2.21. The molecule has 0 unspecified atom stereocenters. The molecular formula is C23H24N6O3S. The lowest BCUT2D eigenvalue weighted by Crippen LogP contribution is -2.15. The van der Waals surface area contributed by atoms with Crippen LogP contribution in [-0.4, -0.2) is 38.8 Å². The van der Waals surface area contributed by atoms with E-state index in [2.05, 4.69) is 32.1 Å². The fourth-order valence-electron chi connectivity index (χ4n) is 3.17. The smallest absolute Gasteiger partial charge is 0.270 e. The highest BCUT2D eigenvalue weighted by atomic mass is 32.2. The molecule has 0 aliphatic heterocycles. The molecule has 3 heterocycles. The van der Waals surface area contributed by atoms with E-state index in [-0.39, 0.29) is 22.4 Å². The van der Waals surface area contributed by atoms with Gasteiger partial charge in [-0.1, -0.05) is 25.5 Å². The van der Waals surface area contributed by atoms with Crippen LogP contribution in [0.15, 0.2) is 58.2 Å².